The lowest BCUT2D eigenvalue weighted by Crippen LogP contribution is -2.36. The Morgan fingerprint density at radius 1 is 1.16 bits per heavy atom. The maximum Gasteiger partial charge on any atom is 0.128 e. The standard InChI is InChI=1S/C15H23N3O/c1-17-7-3-2-4-14(17)13-5-6-15(16-12-13)18-8-10-19-11-9-18/h5-6,12,14H,2-4,7-11H2,1H3. The van der Waals surface area contributed by atoms with Gasteiger partial charge in [-0.3, -0.25) is 4.90 Å². The van der Waals surface area contributed by atoms with E-state index in [1.165, 1.54) is 31.4 Å². The lowest BCUT2D eigenvalue weighted by molar-refractivity contribution is 0.122. The second-order valence-electron chi connectivity index (χ2n) is 5.54. The molecular weight excluding hydrogens is 238 g/mol. The number of ether oxygens (including phenoxy) is 1. The first-order valence-corrected chi connectivity index (χ1v) is 7.33. The van der Waals surface area contributed by atoms with E-state index in [4.69, 9.17) is 4.74 Å². The average Bonchev–Trinajstić information content (AvgIpc) is 2.49. The van der Waals surface area contributed by atoms with Gasteiger partial charge in [0.05, 0.1) is 13.2 Å². The summed E-state index contributed by atoms with van der Waals surface area (Å²) in [7, 11) is 2.22. The normalized spacial score (nSPS) is 25.5. The van der Waals surface area contributed by atoms with Crippen LogP contribution in [0.4, 0.5) is 5.82 Å². The van der Waals surface area contributed by atoms with Crippen molar-refractivity contribution in [3.8, 4) is 0 Å². The lowest BCUT2D eigenvalue weighted by atomic mass is 9.97. The number of rotatable bonds is 2. The molecule has 0 aliphatic carbocycles. The maximum absolute atomic E-state index is 5.38. The van der Waals surface area contributed by atoms with E-state index in [0.29, 0.717) is 6.04 Å². The quantitative estimate of drug-likeness (QED) is 0.815. The van der Waals surface area contributed by atoms with Gasteiger partial charge in [0.2, 0.25) is 0 Å². The fourth-order valence-corrected chi connectivity index (χ4v) is 3.07. The molecule has 2 saturated heterocycles. The summed E-state index contributed by atoms with van der Waals surface area (Å²) >= 11 is 0. The molecule has 3 rings (SSSR count). The van der Waals surface area contributed by atoms with Gasteiger partial charge >= 0.3 is 0 Å². The smallest absolute Gasteiger partial charge is 0.128 e. The summed E-state index contributed by atoms with van der Waals surface area (Å²) in [6, 6.07) is 4.98. The van der Waals surface area contributed by atoms with E-state index in [2.05, 4.69) is 40.2 Å². The summed E-state index contributed by atoms with van der Waals surface area (Å²) in [6.45, 7) is 4.74. The molecule has 0 spiro atoms. The SMILES string of the molecule is CN1CCCCC1c1ccc(N2CCOCC2)nc1. The molecule has 0 bridgehead atoms. The zero-order chi connectivity index (χ0) is 13.1. The second-order valence-corrected chi connectivity index (χ2v) is 5.54. The first kappa shape index (κ1) is 12.9. The number of likely N-dealkylation sites (tertiary alicyclic amines) is 1. The molecule has 1 aromatic rings. The molecule has 0 aromatic carbocycles. The molecule has 2 fully saturated rings. The van der Waals surface area contributed by atoms with Gasteiger partial charge in [-0.1, -0.05) is 12.5 Å². The first-order valence-electron chi connectivity index (χ1n) is 7.33. The van der Waals surface area contributed by atoms with Gasteiger partial charge in [-0.2, -0.15) is 0 Å². The molecular formula is C15H23N3O. The van der Waals surface area contributed by atoms with Crippen LogP contribution in [0.1, 0.15) is 30.9 Å². The summed E-state index contributed by atoms with van der Waals surface area (Å²) in [5.41, 5.74) is 1.36. The molecule has 4 heteroatoms. The number of nitrogens with zero attached hydrogens (tertiary/aromatic N) is 3. The van der Waals surface area contributed by atoms with Crippen LogP contribution in [-0.4, -0.2) is 49.8 Å². The number of piperidine rings is 1. The zero-order valence-electron chi connectivity index (χ0n) is 11.7. The van der Waals surface area contributed by atoms with Crippen LogP contribution in [0.25, 0.3) is 0 Å². The second kappa shape index (κ2) is 5.88. The Kier molecular flexibility index (Phi) is 3.99. The minimum absolute atomic E-state index is 0.556. The lowest BCUT2D eigenvalue weighted by Gasteiger charge is -2.33. The maximum atomic E-state index is 5.38. The van der Waals surface area contributed by atoms with Crippen molar-refractivity contribution in [1.29, 1.82) is 0 Å². The highest BCUT2D eigenvalue weighted by molar-refractivity contribution is 5.40. The van der Waals surface area contributed by atoms with Crippen molar-refractivity contribution in [3.63, 3.8) is 0 Å². The number of anilines is 1. The van der Waals surface area contributed by atoms with E-state index in [9.17, 15) is 0 Å². The van der Waals surface area contributed by atoms with Crippen molar-refractivity contribution in [2.24, 2.45) is 0 Å². The number of pyridine rings is 1. The molecule has 1 aromatic heterocycles. The van der Waals surface area contributed by atoms with Crippen molar-refractivity contribution in [3.05, 3.63) is 23.9 Å². The van der Waals surface area contributed by atoms with Crippen LogP contribution in [0.2, 0.25) is 0 Å². The molecule has 3 heterocycles. The van der Waals surface area contributed by atoms with E-state index in [1.54, 1.807) is 0 Å². The zero-order valence-corrected chi connectivity index (χ0v) is 11.7. The molecule has 2 aliphatic rings. The van der Waals surface area contributed by atoms with Crippen LogP contribution in [0.3, 0.4) is 0 Å². The fourth-order valence-electron chi connectivity index (χ4n) is 3.07. The van der Waals surface area contributed by atoms with Crippen LogP contribution in [0, 0.1) is 0 Å². The molecule has 0 radical (unpaired) electrons. The minimum atomic E-state index is 0.556. The summed E-state index contributed by atoms with van der Waals surface area (Å²) in [5.74, 6) is 1.09. The van der Waals surface area contributed by atoms with Gasteiger partial charge in [-0.25, -0.2) is 4.98 Å². The van der Waals surface area contributed by atoms with Gasteiger partial charge in [0.1, 0.15) is 5.82 Å². The van der Waals surface area contributed by atoms with Gasteiger partial charge in [0.25, 0.3) is 0 Å². The van der Waals surface area contributed by atoms with E-state index in [0.717, 1.165) is 32.1 Å². The van der Waals surface area contributed by atoms with Gasteiger partial charge in [0.15, 0.2) is 0 Å². The molecule has 0 saturated carbocycles. The third-order valence-corrected chi connectivity index (χ3v) is 4.26. The number of hydrogen-bond donors (Lipinski definition) is 0. The number of morpholine rings is 1. The van der Waals surface area contributed by atoms with E-state index in [-0.39, 0.29) is 0 Å². The third kappa shape index (κ3) is 2.90. The van der Waals surface area contributed by atoms with Crippen LogP contribution < -0.4 is 4.90 Å². The third-order valence-electron chi connectivity index (χ3n) is 4.26. The Balaban J connectivity index is 1.70. The monoisotopic (exact) mass is 261 g/mol. The number of hydrogen-bond acceptors (Lipinski definition) is 4. The van der Waals surface area contributed by atoms with Crippen molar-refractivity contribution in [2.75, 3.05) is 44.8 Å². The van der Waals surface area contributed by atoms with Crippen LogP contribution in [0.15, 0.2) is 18.3 Å². The summed E-state index contributed by atoms with van der Waals surface area (Å²) in [6.07, 6.45) is 5.98. The van der Waals surface area contributed by atoms with Crippen LogP contribution in [-0.2, 0) is 4.74 Å². The number of aromatic nitrogens is 1. The van der Waals surface area contributed by atoms with Gasteiger partial charge < -0.3 is 9.64 Å². The molecule has 104 valence electrons. The Bertz CT molecular complexity index is 400. The van der Waals surface area contributed by atoms with Crippen molar-refractivity contribution in [2.45, 2.75) is 25.3 Å². The molecule has 2 aliphatic heterocycles. The topological polar surface area (TPSA) is 28.6 Å². The highest BCUT2D eigenvalue weighted by atomic mass is 16.5. The minimum Gasteiger partial charge on any atom is -0.378 e. The van der Waals surface area contributed by atoms with E-state index < -0.39 is 0 Å². The fraction of sp³-hybridized carbons (Fsp3) is 0.667. The predicted octanol–water partition coefficient (Wildman–Crippen LogP) is 2.08. The van der Waals surface area contributed by atoms with Crippen molar-refractivity contribution in [1.82, 2.24) is 9.88 Å². The van der Waals surface area contributed by atoms with Gasteiger partial charge in [-0.15, -0.1) is 0 Å². The molecule has 1 atom stereocenters. The molecule has 4 nitrogen and oxygen atoms in total. The van der Waals surface area contributed by atoms with Gasteiger partial charge in [-0.05, 0) is 38.1 Å². The van der Waals surface area contributed by atoms with Crippen molar-refractivity contribution >= 4 is 5.82 Å². The molecule has 1 unspecified atom stereocenters. The Labute approximate surface area is 115 Å². The van der Waals surface area contributed by atoms with E-state index >= 15 is 0 Å². The Morgan fingerprint density at radius 3 is 2.68 bits per heavy atom. The summed E-state index contributed by atoms with van der Waals surface area (Å²) < 4.78 is 5.38. The molecule has 0 N–H and O–H groups in total. The Hall–Kier alpha value is -1.13. The summed E-state index contributed by atoms with van der Waals surface area (Å²) in [5, 5.41) is 0. The molecule has 19 heavy (non-hydrogen) atoms. The van der Waals surface area contributed by atoms with Crippen molar-refractivity contribution < 1.29 is 4.74 Å². The average molecular weight is 261 g/mol. The predicted molar refractivity (Wildman–Crippen MR) is 76.5 cm³/mol. The highest BCUT2D eigenvalue weighted by Gasteiger charge is 2.21. The first-order chi connectivity index (χ1) is 9.34. The largest absolute Gasteiger partial charge is 0.378 e. The summed E-state index contributed by atoms with van der Waals surface area (Å²) in [4.78, 5) is 9.41. The van der Waals surface area contributed by atoms with Crippen LogP contribution >= 0.6 is 0 Å². The van der Waals surface area contributed by atoms with Gasteiger partial charge in [0, 0.05) is 25.3 Å². The Morgan fingerprint density at radius 2 is 2.00 bits per heavy atom. The van der Waals surface area contributed by atoms with Crippen LogP contribution in [0.5, 0.6) is 0 Å². The van der Waals surface area contributed by atoms with E-state index in [1.807, 2.05) is 0 Å². The highest BCUT2D eigenvalue weighted by Crippen LogP contribution is 2.29. The molecule has 0 amide bonds.